The molecule has 16 heavy (non-hydrogen) atoms. The average molecular weight is 236 g/mol. The summed E-state index contributed by atoms with van der Waals surface area (Å²) in [4.78, 5) is 11.0. The molecule has 2 fully saturated rings. The first-order chi connectivity index (χ1) is 7.41. The van der Waals surface area contributed by atoms with Crippen LogP contribution in [0.1, 0.15) is 32.1 Å². The van der Waals surface area contributed by atoms with E-state index in [-0.39, 0.29) is 11.8 Å². The van der Waals surface area contributed by atoms with Crippen molar-refractivity contribution in [3.8, 4) is 0 Å². The van der Waals surface area contributed by atoms with Gasteiger partial charge in [-0.1, -0.05) is 6.42 Å². The standard InChI is InChI=1S/C10H11F3O3/c11-10(12,13)6-7-9(16-8(14)15-7)4-2-1-3-5-9/h6H,1-5H2/b7-6-. The third-order valence-corrected chi connectivity index (χ3v) is 2.88. The van der Waals surface area contributed by atoms with Gasteiger partial charge in [0.2, 0.25) is 0 Å². The topological polar surface area (TPSA) is 35.5 Å². The van der Waals surface area contributed by atoms with E-state index in [1.165, 1.54) is 0 Å². The molecule has 0 radical (unpaired) electrons. The van der Waals surface area contributed by atoms with Crippen LogP contribution in [0.4, 0.5) is 18.0 Å². The van der Waals surface area contributed by atoms with Gasteiger partial charge in [-0.25, -0.2) is 4.79 Å². The number of cyclic esters (lactones) is 1. The fraction of sp³-hybridized carbons (Fsp3) is 0.700. The fourth-order valence-corrected chi connectivity index (χ4v) is 2.19. The van der Waals surface area contributed by atoms with E-state index >= 15 is 0 Å². The Balaban J connectivity index is 2.28. The van der Waals surface area contributed by atoms with Crippen LogP contribution in [0.5, 0.6) is 0 Å². The molecule has 6 heteroatoms. The quantitative estimate of drug-likeness (QED) is 0.605. The first kappa shape index (κ1) is 11.3. The predicted octanol–water partition coefficient (Wildman–Crippen LogP) is 3.30. The summed E-state index contributed by atoms with van der Waals surface area (Å²) in [5.74, 6) is -0.385. The molecular weight excluding hydrogens is 225 g/mol. The van der Waals surface area contributed by atoms with Crippen molar-refractivity contribution in [1.29, 1.82) is 0 Å². The minimum atomic E-state index is -4.49. The maximum absolute atomic E-state index is 12.2. The molecule has 0 aromatic rings. The second-order valence-corrected chi connectivity index (χ2v) is 4.06. The highest BCUT2D eigenvalue weighted by atomic mass is 19.4. The summed E-state index contributed by atoms with van der Waals surface area (Å²) in [5.41, 5.74) is -1.16. The van der Waals surface area contributed by atoms with E-state index in [1.54, 1.807) is 0 Å². The van der Waals surface area contributed by atoms with Crippen molar-refractivity contribution in [1.82, 2.24) is 0 Å². The summed E-state index contributed by atoms with van der Waals surface area (Å²) < 4.78 is 46.2. The summed E-state index contributed by atoms with van der Waals surface area (Å²) in [5, 5.41) is 0. The van der Waals surface area contributed by atoms with Crippen LogP contribution in [-0.4, -0.2) is 17.9 Å². The molecule has 0 aromatic heterocycles. The number of ether oxygens (including phenoxy) is 2. The largest absolute Gasteiger partial charge is 0.514 e. The number of carbonyl (C=O) groups excluding carboxylic acids is 1. The lowest BCUT2D eigenvalue weighted by molar-refractivity contribution is -0.0836. The molecule has 1 spiro atoms. The van der Waals surface area contributed by atoms with Crippen LogP contribution in [0.2, 0.25) is 0 Å². The lowest BCUT2D eigenvalue weighted by atomic mass is 9.83. The van der Waals surface area contributed by atoms with Crippen molar-refractivity contribution in [3.05, 3.63) is 11.8 Å². The normalized spacial score (nSPS) is 26.9. The molecule has 90 valence electrons. The van der Waals surface area contributed by atoms with E-state index in [9.17, 15) is 18.0 Å². The zero-order chi connectivity index (χ0) is 11.8. The lowest BCUT2D eigenvalue weighted by Gasteiger charge is -2.30. The third-order valence-electron chi connectivity index (χ3n) is 2.88. The first-order valence-electron chi connectivity index (χ1n) is 5.12. The summed E-state index contributed by atoms with van der Waals surface area (Å²) in [6, 6.07) is 0. The minimum Gasteiger partial charge on any atom is -0.419 e. The van der Waals surface area contributed by atoms with Crippen LogP contribution in [0, 0.1) is 0 Å². The fourth-order valence-electron chi connectivity index (χ4n) is 2.19. The van der Waals surface area contributed by atoms with Gasteiger partial charge in [-0.2, -0.15) is 13.2 Å². The number of hydrogen-bond donors (Lipinski definition) is 0. The second kappa shape index (κ2) is 3.68. The summed E-state index contributed by atoms with van der Waals surface area (Å²) in [6.45, 7) is 0. The summed E-state index contributed by atoms with van der Waals surface area (Å²) in [7, 11) is 0. The van der Waals surface area contributed by atoms with Gasteiger partial charge in [0.15, 0.2) is 11.4 Å². The first-order valence-corrected chi connectivity index (χ1v) is 5.12. The molecule has 2 rings (SSSR count). The highest BCUT2D eigenvalue weighted by Crippen LogP contribution is 2.43. The number of halogens is 3. The molecule has 1 aliphatic carbocycles. The molecule has 1 heterocycles. The molecular formula is C10H11F3O3. The van der Waals surface area contributed by atoms with E-state index in [2.05, 4.69) is 4.74 Å². The molecule has 2 aliphatic rings. The van der Waals surface area contributed by atoms with Gasteiger partial charge >= 0.3 is 12.3 Å². The van der Waals surface area contributed by atoms with Crippen molar-refractivity contribution in [2.45, 2.75) is 43.9 Å². The Kier molecular flexibility index (Phi) is 2.59. The van der Waals surface area contributed by atoms with Crippen molar-refractivity contribution in [3.63, 3.8) is 0 Å². The maximum atomic E-state index is 12.2. The van der Waals surface area contributed by atoms with Crippen LogP contribution in [-0.2, 0) is 9.47 Å². The monoisotopic (exact) mass is 236 g/mol. The van der Waals surface area contributed by atoms with Crippen LogP contribution >= 0.6 is 0 Å². The average Bonchev–Trinajstić information content (AvgIpc) is 2.41. The molecule has 3 nitrogen and oxygen atoms in total. The van der Waals surface area contributed by atoms with E-state index in [0.717, 1.165) is 19.3 Å². The number of hydrogen-bond acceptors (Lipinski definition) is 3. The zero-order valence-corrected chi connectivity index (χ0v) is 8.47. The van der Waals surface area contributed by atoms with E-state index < -0.39 is 17.9 Å². The third kappa shape index (κ3) is 2.15. The van der Waals surface area contributed by atoms with Gasteiger partial charge in [0.25, 0.3) is 0 Å². The Morgan fingerprint density at radius 1 is 1.19 bits per heavy atom. The van der Waals surface area contributed by atoms with Crippen molar-refractivity contribution in [2.75, 3.05) is 0 Å². The SMILES string of the molecule is O=C1O/C(=C\C(F)(F)F)C2(CCCCC2)O1. The van der Waals surface area contributed by atoms with Crippen molar-refractivity contribution >= 4 is 6.16 Å². The van der Waals surface area contributed by atoms with Gasteiger partial charge in [0, 0.05) is 0 Å². The molecule has 0 aromatic carbocycles. The summed E-state index contributed by atoms with van der Waals surface area (Å²) >= 11 is 0. The number of alkyl halides is 3. The minimum absolute atomic E-state index is 0.0310. The Morgan fingerprint density at radius 3 is 2.38 bits per heavy atom. The number of carbonyl (C=O) groups is 1. The van der Waals surface area contributed by atoms with Crippen LogP contribution < -0.4 is 0 Å². The van der Waals surface area contributed by atoms with Crippen molar-refractivity contribution in [2.24, 2.45) is 0 Å². The van der Waals surface area contributed by atoms with Gasteiger partial charge in [-0.15, -0.1) is 0 Å². The Bertz CT molecular complexity index is 327. The second-order valence-electron chi connectivity index (χ2n) is 4.06. The highest BCUT2D eigenvalue weighted by Gasteiger charge is 2.49. The van der Waals surface area contributed by atoms with Crippen LogP contribution in [0.3, 0.4) is 0 Å². The smallest absolute Gasteiger partial charge is 0.419 e. The molecule has 0 unspecified atom stereocenters. The van der Waals surface area contributed by atoms with E-state index in [4.69, 9.17) is 4.74 Å². The van der Waals surface area contributed by atoms with Crippen molar-refractivity contribution < 1.29 is 27.4 Å². The van der Waals surface area contributed by atoms with Crippen LogP contribution in [0.15, 0.2) is 11.8 Å². The van der Waals surface area contributed by atoms with Gasteiger partial charge in [0.05, 0.1) is 6.08 Å². The molecule has 0 bridgehead atoms. The van der Waals surface area contributed by atoms with Gasteiger partial charge in [0.1, 0.15) is 0 Å². The van der Waals surface area contributed by atoms with E-state index in [0.29, 0.717) is 12.8 Å². The van der Waals surface area contributed by atoms with Crippen LogP contribution in [0.25, 0.3) is 0 Å². The highest BCUT2D eigenvalue weighted by molar-refractivity contribution is 5.66. The van der Waals surface area contributed by atoms with E-state index in [1.807, 2.05) is 0 Å². The van der Waals surface area contributed by atoms with Gasteiger partial charge in [-0.05, 0) is 25.7 Å². The zero-order valence-electron chi connectivity index (χ0n) is 8.47. The Hall–Kier alpha value is -1.20. The molecule has 0 N–H and O–H groups in total. The number of allylic oxidation sites excluding steroid dienone is 1. The molecule has 0 amide bonds. The Morgan fingerprint density at radius 2 is 1.81 bits per heavy atom. The lowest BCUT2D eigenvalue weighted by Crippen LogP contribution is -2.33. The molecule has 1 aliphatic heterocycles. The number of rotatable bonds is 0. The molecule has 1 saturated heterocycles. The predicted molar refractivity (Wildman–Crippen MR) is 47.5 cm³/mol. The Labute approximate surface area is 90.2 Å². The maximum Gasteiger partial charge on any atom is 0.514 e. The molecule has 0 atom stereocenters. The van der Waals surface area contributed by atoms with Gasteiger partial charge < -0.3 is 9.47 Å². The van der Waals surface area contributed by atoms with Gasteiger partial charge in [-0.3, -0.25) is 0 Å². The molecule has 1 saturated carbocycles. The summed E-state index contributed by atoms with van der Waals surface area (Å²) in [6.07, 6.45) is -2.26.